The molecule has 3 atom stereocenters. The highest BCUT2D eigenvalue weighted by atomic mass is 16.5. The Bertz CT molecular complexity index is 885. The van der Waals surface area contributed by atoms with Gasteiger partial charge in [0.2, 0.25) is 11.5 Å². The lowest BCUT2D eigenvalue weighted by molar-refractivity contribution is 0.0999. The number of hydrogen-bond donors (Lipinski definition) is 4. The molecule has 0 bridgehead atoms. The fourth-order valence-corrected chi connectivity index (χ4v) is 4.49. The summed E-state index contributed by atoms with van der Waals surface area (Å²) in [6, 6.07) is 5.04. The van der Waals surface area contributed by atoms with Gasteiger partial charge in [0.15, 0.2) is 23.0 Å². The molecule has 1 aliphatic rings. The molecule has 30 heavy (non-hydrogen) atoms. The van der Waals surface area contributed by atoms with E-state index in [2.05, 4.69) is 0 Å². The molecule has 0 aromatic heterocycles. The van der Waals surface area contributed by atoms with Gasteiger partial charge in [0.1, 0.15) is 0 Å². The standard InChI is InChI=1S/C22H28O8/c1-27-16-7-12(8-17(28-2)21(16)29-3)18-14(10-24)13(9-23)5-11-6-15(25)20(26)22(30-4)19(11)18/h6-8,13-14,18,23-26H,5,9-10H2,1-4H3/t13-,14+,18-/m1/s1. The highest BCUT2D eigenvalue weighted by Gasteiger charge is 2.41. The van der Waals surface area contributed by atoms with E-state index in [1.54, 1.807) is 12.1 Å². The van der Waals surface area contributed by atoms with Crippen molar-refractivity contribution in [2.24, 2.45) is 11.8 Å². The topological polar surface area (TPSA) is 118 Å². The van der Waals surface area contributed by atoms with E-state index in [4.69, 9.17) is 18.9 Å². The van der Waals surface area contributed by atoms with E-state index in [1.807, 2.05) is 0 Å². The zero-order valence-electron chi connectivity index (χ0n) is 17.5. The first kappa shape index (κ1) is 21.9. The summed E-state index contributed by atoms with van der Waals surface area (Å²) in [6.45, 7) is -0.341. The molecule has 0 fully saturated rings. The SMILES string of the molecule is COc1cc([C@H]2c3c(cc(O)c(O)c3OC)C[C@H](CO)[C@@H]2CO)cc(OC)c1OC. The van der Waals surface area contributed by atoms with Crippen molar-refractivity contribution in [2.75, 3.05) is 41.7 Å². The minimum absolute atomic E-state index is 0.138. The Balaban J connectivity index is 2.33. The van der Waals surface area contributed by atoms with Gasteiger partial charge in [-0.3, -0.25) is 0 Å². The van der Waals surface area contributed by atoms with Gasteiger partial charge in [-0.15, -0.1) is 0 Å². The first-order chi connectivity index (χ1) is 14.4. The number of fused-ring (bicyclic) bond motifs is 1. The molecular formula is C22H28O8. The van der Waals surface area contributed by atoms with Gasteiger partial charge in [0, 0.05) is 24.7 Å². The summed E-state index contributed by atoms with van der Waals surface area (Å²) < 4.78 is 21.8. The van der Waals surface area contributed by atoms with Crippen LogP contribution in [0.2, 0.25) is 0 Å². The summed E-state index contributed by atoms with van der Waals surface area (Å²) in [5, 5.41) is 40.8. The highest BCUT2D eigenvalue weighted by Crippen LogP contribution is 2.54. The summed E-state index contributed by atoms with van der Waals surface area (Å²) in [5.41, 5.74) is 2.10. The largest absolute Gasteiger partial charge is 0.504 e. The quantitative estimate of drug-likeness (QED) is 0.503. The number of phenols is 2. The Kier molecular flexibility index (Phi) is 6.48. The number of methoxy groups -OCH3 is 4. The molecule has 4 N–H and O–H groups in total. The Morgan fingerprint density at radius 3 is 1.90 bits per heavy atom. The lowest BCUT2D eigenvalue weighted by Crippen LogP contribution is -2.35. The summed E-state index contributed by atoms with van der Waals surface area (Å²) >= 11 is 0. The van der Waals surface area contributed by atoms with Gasteiger partial charge in [0.05, 0.1) is 28.4 Å². The summed E-state index contributed by atoms with van der Waals surface area (Å²) in [5.74, 6) is -0.315. The third kappa shape index (κ3) is 3.46. The minimum atomic E-state index is -0.467. The second-order valence-electron chi connectivity index (χ2n) is 7.28. The van der Waals surface area contributed by atoms with E-state index in [-0.39, 0.29) is 42.3 Å². The predicted octanol–water partition coefficient (Wildman–Crippen LogP) is 2.04. The van der Waals surface area contributed by atoms with Crippen LogP contribution < -0.4 is 18.9 Å². The van der Waals surface area contributed by atoms with Crippen LogP contribution in [0.15, 0.2) is 18.2 Å². The van der Waals surface area contributed by atoms with E-state index in [0.29, 0.717) is 29.2 Å². The van der Waals surface area contributed by atoms with Crippen LogP contribution in [0.3, 0.4) is 0 Å². The molecule has 0 unspecified atom stereocenters. The number of ether oxygens (including phenoxy) is 4. The lowest BCUT2D eigenvalue weighted by Gasteiger charge is -2.39. The molecule has 0 saturated carbocycles. The predicted molar refractivity (Wildman–Crippen MR) is 109 cm³/mol. The van der Waals surface area contributed by atoms with Gasteiger partial charge < -0.3 is 39.4 Å². The Hall–Kier alpha value is -2.84. The van der Waals surface area contributed by atoms with Crippen molar-refractivity contribution in [3.8, 4) is 34.5 Å². The maximum atomic E-state index is 10.4. The first-order valence-electron chi connectivity index (χ1n) is 9.58. The van der Waals surface area contributed by atoms with E-state index in [1.165, 1.54) is 34.5 Å². The Morgan fingerprint density at radius 1 is 0.833 bits per heavy atom. The molecule has 8 heteroatoms. The van der Waals surface area contributed by atoms with Crippen molar-refractivity contribution in [1.29, 1.82) is 0 Å². The number of rotatable bonds is 7. The van der Waals surface area contributed by atoms with Crippen LogP contribution in [0, 0.1) is 11.8 Å². The fraction of sp³-hybridized carbons (Fsp3) is 0.455. The number of aromatic hydroxyl groups is 2. The van der Waals surface area contributed by atoms with E-state index in [9.17, 15) is 20.4 Å². The zero-order chi connectivity index (χ0) is 22.0. The monoisotopic (exact) mass is 420 g/mol. The molecule has 0 spiro atoms. The van der Waals surface area contributed by atoms with Gasteiger partial charge in [-0.2, -0.15) is 0 Å². The average Bonchev–Trinajstić information content (AvgIpc) is 2.77. The molecule has 0 heterocycles. The molecule has 0 aliphatic heterocycles. The van der Waals surface area contributed by atoms with Crippen LogP contribution in [0.25, 0.3) is 0 Å². The van der Waals surface area contributed by atoms with Crippen LogP contribution in [0.5, 0.6) is 34.5 Å². The van der Waals surface area contributed by atoms with Crippen LogP contribution >= 0.6 is 0 Å². The zero-order valence-corrected chi connectivity index (χ0v) is 17.5. The first-order valence-corrected chi connectivity index (χ1v) is 9.58. The van der Waals surface area contributed by atoms with E-state index < -0.39 is 5.92 Å². The van der Waals surface area contributed by atoms with Gasteiger partial charge in [-0.25, -0.2) is 0 Å². The van der Waals surface area contributed by atoms with Gasteiger partial charge in [-0.1, -0.05) is 0 Å². The second kappa shape index (κ2) is 8.89. The molecule has 1 aliphatic carbocycles. The van der Waals surface area contributed by atoms with E-state index >= 15 is 0 Å². The molecule has 8 nitrogen and oxygen atoms in total. The number of aliphatic hydroxyl groups excluding tert-OH is 2. The second-order valence-corrected chi connectivity index (χ2v) is 7.28. The molecule has 2 aromatic carbocycles. The Morgan fingerprint density at radius 2 is 1.43 bits per heavy atom. The highest BCUT2D eigenvalue weighted by molar-refractivity contribution is 5.63. The minimum Gasteiger partial charge on any atom is -0.504 e. The maximum absolute atomic E-state index is 10.4. The van der Waals surface area contributed by atoms with Crippen molar-refractivity contribution in [3.05, 3.63) is 34.9 Å². The van der Waals surface area contributed by atoms with Crippen molar-refractivity contribution >= 4 is 0 Å². The van der Waals surface area contributed by atoms with Gasteiger partial charge in [0.25, 0.3) is 0 Å². The average molecular weight is 420 g/mol. The Labute approximate surface area is 175 Å². The summed E-state index contributed by atoms with van der Waals surface area (Å²) in [7, 11) is 5.95. The molecule has 0 amide bonds. The third-order valence-corrected chi connectivity index (χ3v) is 5.88. The van der Waals surface area contributed by atoms with Crippen LogP contribution in [-0.4, -0.2) is 62.1 Å². The maximum Gasteiger partial charge on any atom is 0.203 e. The lowest BCUT2D eigenvalue weighted by atomic mass is 9.66. The van der Waals surface area contributed by atoms with Crippen LogP contribution in [0.1, 0.15) is 22.6 Å². The molecule has 0 radical (unpaired) electrons. The fourth-order valence-electron chi connectivity index (χ4n) is 4.49. The molecular weight excluding hydrogens is 392 g/mol. The van der Waals surface area contributed by atoms with Crippen molar-refractivity contribution in [1.82, 2.24) is 0 Å². The number of benzene rings is 2. The number of phenolic OH excluding ortho intramolecular Hbond substituents is 2. The third-order valence-electron chi connectivity index (χ3n) is 5.88. The molecule has 0 saturated heterocycles. The summed E-state index contributed by atoms with van der Waals surface area (Å²) in [4.78, 5) is 0. The van der Waals surface area contributed by atoms with Crippen molar-refractivity contribution < 1.29 is 39.4 Å². The molecule has 2 aromatic rings. The van der Waals surface area contributed by atoms with Gasteiger partial charge >= 0.3 is 0 Å². The van der Waals surface area contributed by atoms with Gasteiger partial charge in [-0.05, 0) is 47.6 Å². The number of hydrogen-bond acceptors (Lipinski definition) is 8. The van der Waals surface area contributed by atoms with Crippen LogP contribution in [-0.2, 0) is 6.42 Å². The number of aliphatic hydroxyl groups is 2. The van der Waals surface area contributed by atoms with Crippen LogP contribution in [0.4, 0.5) is 0 Å². The van der Waals surface area contributed by atoms with E-state index in [0.717, 1.165) is 11.1 Å². The van der Waals surface area contributed by atoms with Crippen molar-refractivity contribution in [3.63, 3.8) is 0 Å². The summed E-state index contributed by atoms with van der Waals surface area (Å²) in [6.07, 6.45) is 0.419. The van der Waals surface area contributed by atoms with Crippen molar-refractivity contribution in [2.45, 2.75) is 12.3 Å². The molecule has 164 valence electrons. The smallest absolute Gasteiger partial charge is 0.203 e. The molecule has 3 rings (SSSR count). The normalized spacial score (nSPS) is 20.4.